The van der Waals surface area contributed by atoms with E-state index in [1.54, 1.807) is 37.3 Å². The summed E-state index contributed by atoms with van der Waals surface area (Å²) in [4.78, 5) is 35.3. The van der Waals surface area contributed by atoms with Crippen LogP contribution in [0.25, 0.3) is 0 Å². The molecule has 0 aromatic heterocycles. The number of esters is 1. The first-order valence-electron chi connectivity index (χ1n) is 5.67. The number of hydrogen-bond acceptors (Lipinski definition) is 4. The summed E-state index contributed by atoms with van der Waals surface area (Å²) in [5, 5.41) is 0.0397. The van der Waals surface area contributed by atoms with Gasteiger partial charge in [0.05, 0.1) is 11.9 Å². The number of alkyl halides is 1. The number of hydrogen-bond donors (Lipinski definition) is 0. The van der Waals surface area contributed by atoms with Crippen LogP contribution in [0.4, 0.5) is 0 Å². The number of Topliss-reactive ketones (excluding diaryl/α,β-unsaturated/α-hetero) is 1. The molecule has 0 saturated heterocycles. The number of halogens is 1. The number of benzene rings is 1. The van der Waals surface area contributed by atoms with Gasteiger partial charge < -0.3 is 4.74 Å². The molecule has 1 rings (SSSR count). The molecule has 1 aromatic rings. The molecular weight excluding hydrogens is 312 g/mol. The zero-order chi connectivity index (χ0) is 14.3. The van der Waals surface area contributed by atoms with Crippen molar-refractivity contribution in [2.75, 3.05) is 11.9 Å². The highest BCUT2D eigenvalue weighted by Crippen LogP contribution is 2.10. The number of allylic oxidation sites excluding steroid dienone is 1. The Balaban J connectivity index is 3.10. The summed E-state index contributed by atoms with van der Waals surface area (Å²) < 4.78 is 4.80. The molecular formula is C14H13BrO4. The molecule has 4 nitrogen and oxygen atoms in total. The fourth-order valence-corrected chi connectivity index (χ4v) is 1.53. The van der Waals surface area contributed by atoms with Crippen molar-refractivity contribution in [1.82, 2.24) is 0 Å². The summed E-state index contributed by atoms with van der Waals surface area (Å²) in [6.45, 7) is 1.77. The highest BCUT2D eigenvalue weighted by molar-refractivity contribution is 9.09. The lowest BCUT2D eigenvalue weighted by Gasteiger charge is -2.05. The van der Waals surface area contributed by atoms with Crippen LogP contribution in [0.2, 0.25) is 0 Å². The molecule has 0 aliphatic rings. The van der Waals surface area contributed by atoms with Gasteiger partial charge in [0.15, 0.2) is 11.6 Å². The Bertz CT molecular complexity index is 505. The Hall–Kier alpha value is -1.75. The van der Waals surface area contributed by atoms with Crippen LogP contribution in [0.15, 0.2) is 42.0 Å². The number of carbonyl (C=O) groups excluding carboxylic acids is 3. The second-order valence-corrected chi connectivity index (χ2v) is 4.13. The smallest absolute Gasteiger partial charge is 0.342 e. The first kappa shape index (κ1) is 15.3. The molecule has 0 fully saturated rings. The average molecular weight is 325 g/mol. The lowest BCUT2D eigenvalue weighted by Crippen LogP contribution is -2.18. The summed E-state index contributed by atoms with van der Waals surface area (Å²) >= 11 is 2.98. The second kappa shape index (κ2) is 7.63. The van der Waals surface area contributed by atoms with Crippen LogP contribution in [-0.2, 0) is 14.3 Å². The van der Waals surface area contributed by atoms with Crippen molar-refractivity contribution in [3.63, 3.8) is 0 Å². The van der Waals surface area contributed by atoms with Crippen molar-refractivity contribution < 1.29 is 19.1 Å². The Morgan fingerprint density at radius 2 is 1.84 bits per heavy atom. The molecule has 0 saturated carbocycles. The van der Waals surface area contributed by atoms with E-state index >= 15 is 0 Å². The third kappa shape index (κ3) is 4.44. The van der Waals surface area contributed by atoms with E-state index in [2.05, 4.69) is 15.9 Å². The zero-order valence-electron chi connectivity index (χ0n) is 10.4. The average Bonchev–Trinajstić information content (AvgIpc) is 2.44. The van der Waals surface area contributed by atoms with E-state index in [1.165, 1.54) is 0 Å². The fraction of sp³-hybridized carbons (Fsp3) is 0.214. The minimum absolute atomic E-state index is 0.0397. The third-order valence-electron chi connectivity index (χ3n) is 2.21. The maximum atomic E-state index is 12.2. The van der Waals surface area contributed by atoms with Crippen LogP contribution in [0.5, 0.6) is 0 Å². The first-order chi connectivity index (χ1) is 9.10. The Morgan fingerprint density at radius 1 is 1.21 bits per heavy atom. The van der Waals surface area contributed by atoms with Gasteiger partial charge in [-0.25, -0.2) is 4.79 Å². The molecule has 100 valence electrons. The predicted octanol–water partition coefficient (Wildman–Crippen LogP) is 2.32. The van der Waals surface area contributed by atoms with Crippen LogP contribution in [-0.4, -0.2) is 29.5 Å². The summed E-state index contributed by atoms with van der Waals surface area (Å²) in [6.07, 6.45) is 1.02. The molecule has 0 radical (unpaired) electrons. The van der Waals surface area contributed by atoms with E-state index in [0.717, 1.165) is 6.08 Å². The molecule has 0 bridgehead atoms. The first-order valence-corrected chi connectivity index (χ1v) is 6.79. The zero-order valence-corrected chi connectivity index (χ0v) is 12.0. The van der Waals surface area contributed by atoms with Crippen molar-refractivity contribution in [2.24, 2.45) is 0 Å². The van der Waals surface area contributed by atoms with Gasteiger partial charge in [0.1, 0.15) is 5.57 Å². The van der Waals surface area contributed by atoms with Gasteiger partial charge in [-0.2, -0.15) is 0 Å². The largest absolute Gasteiger partial charge is 0.462 e. The highest BCUT2D eigenvalue weighted by atomic mass is 79.9. The SMILES string of the molecule is CCOC(=O)C(=CC(=O)CBr)C(=O)c1ccccc1. The Kier molecular flexibility index (Phi) is 6.15. The standard InChI is InChI=1S/C14H13BrO4/c1-2-19-14(18)12(8-11(16)9-15)13(17)10-6-4-3-5-7-10/h3-8H,2,9H2,1H3. The fourth-order valence-electron chi connectivity index (χ4n) is 1.37. The van der Waals surface area contributed by atoms with Gasteiger partial charge >= 0.3 is 5.97 Å². The van der Waals surface area contributed by atoms with Crippen molar-refractivity contribution >= 4 is 33.5 Å². The van der Waals surface area contributed by atoms with Crippen molar-refractivity contribution in [1.29, 1.82) is 0 Å². The van der Waals surface area contributed by atoms with Gasteiger partial charge in [-0.1, -0.05) is 46.3 Å². The van der Waals surface area contributed by atoms with Crippen LogP contribution < -0.4 is 0 Å². The lowest BCUT2D eigenvalue weighted by molar-refractivity contribution is -0.138. The molecule has 0 atom stereocenters. The van der Waals surface area contributed by atoms with Crippen LogP contribution in [0, 0.1) is 0 Å². The van der Waals surface area contributed by atoms with Gasteiger partial charge in [-0.05, 0) is 6.92 Å². The maximum Gasteiger partial charge on any atom is 0.342 e. The predicted molar refractivity (Wildman–Crippen MR) is 74.3 cm³/mol. The summed E-state index contributed by atoms with van der Waals surface area (Å²) in [6, 6.07) is 8.28. The maximum absolute atomic E-state index is 12.2. The second-order valence-electron chi connectivity index (χ2n) is 3.57. The third-order valence-corrected chi connectivity index (χ3v) is 2.77. The molecule has 19 heavy (non-hydrogen) atoms. The Labute approximate surface area is 119 Å². The molecule has 0 amide bonds. The van der Waals surface area contributed by atoms with Crippen LogP contribution in [0.1, 0.15) is 17.3 Å². The molecule has 0 unspecified atom stereocenters. The molecule has 0 N–H and O–H groups in total. The van der Waals surface area contributed by atoms with Crippen LogP contribution in [0.3, 0.4) is 0 Å². The van der Waals surface area contributed by atoms with E-state index in [9.17, 15) is 14.4 Å². The highest BCUT2D eigenvalue weighted by Gasteiger charge is 2.21. The summed E-state index contributed by atoms with van der Waals surface area (Å²) in [5.41, 5.74) is 0.0849. The minimum Gasteiger partial charge on any atom is -0.462 e. The molecule has 0 aliphatic heterocycles. The van der Waals surface area contributed by atoms with E-state index in [4.69, 9.17) is 4.74 Å². The van der Waals surface area contributed by atoms with Crippen LogP contribution >= 0.6 is 15.9 Å². The quantitative estimate of drug-likeness (QED) is 0.201. The van der Waals surface area contributed by atoms with Gasteiger partial charge in [-0.15, -0.1) is 0 Å². The Morgan fingerprint density at radius 3 is 2.37 bits per heavy atom. The van der Waals surface area contributed by atoms with E-state index in [-0.39, 0.29) is 23.3 Å². The van der Waals surface area contributed by atoms with Gasteiger partial charge in [0, 0.05) is 11.6 Å². The topological polar surface area (TPSA) is 60.4 Å². The lowest BCUT2D eigenvalue weighted by atomic mass is 10.0. The minimum atomic E-state index is -0.786. The molecule has 0 heterocycles. The normalized spacial score (nSPS) is 10.9. The van der Waals surface area contributed by atoms with E-state index in [0.29, 0.717) is 5.56 Å². The van der Waals surface area contributed by atoms with Gasteiger partial charge in [0.2, 0.25) is 0 Å². The summed E-state index contributed by atoms with van der Waals surface area (Å²) in [7, 11) is 0. The van der Waals surface area contributed by atoms with E-state index < -0.39 is 11.8 Å². The molecule has 1 aromatic carbocycles. The van der Waals surface area contributed by atoms with Gasteiger partial charge in [-0.3, -0.25) is 9.59 Å². The number of carbonyl (C=O) groups is 3. The number of ether oxygens (including phenoxy) is 1. The van der Waals surface area contributed by atoms with Crippen molar-refractivity contribution in [3.8, 4) is 0 Å². The van der Waals surface area contributed by atoms with Crippen molar-refractivity contribution in [3.05, 3.63) is 47.5 Å². The van der Waals surface area contributed by atoms with Gasteiger partial charge in [0.25, 0.3) is 0 Å². The molecule has 0 spiro atoms. The number of ketones is 2. The molecule has 0 aliphatic carbocycles. The van der Waals surface area contributed by atoms with E-state index in [1.807, 2.05) is 0 Å². The monoisotopic (exact) mass is 324 g/mol. The molecule has 5 heteroatoms. The van der Waals surface area contributed by atoms with Crippen molar-refractivity contribution in [2.45, 2.75) is 6.92 Å². The number of rotatable bonds is 6. The summed E-state index contributed by atoms with van der Waals surface area (Å²) in [5.74, 6) is -1.67.